The molecule has 1 aromatic carbocycles. The molecule has 3 aliphatic heterocycles. The van der Waals surface area contributed by atoms with Gasteiger partial charge in [0.2, 0.25) is 0 Å². The molecule has 5 saturated carbocycles. The summed E-state index contributed by atoms with van der Waals surface area (Å²) in [4.78, 5) is 35.0. The predicted octanol–water partition coefficient (Wildman–Crippen LogP) is 14.1. The Morgan fingerprint density at radius 1 is 0.824 bits per heavy atom. The standard InChI is InChI=1S/C66H94N2O6/c1-9-10-12-21-49-58(72)54-53-48(57(71)59-63(5)28-24-52(70)65(7,47-19-15-16-20-47)51(63)23-29-64(59,6)66(49,53)8)39-68-38-46(55-56(68)43(37-67-55)22-27-62(54,4)36-50(69)60-61(2,3)74-60)34-40-32-44(41-17-13-11-14-18-41)35-45(33-40)42-25-30-73-31-26-42/h32-33,35,37-38,41-42,47-51,57,59-60,67,69,71H,9-31,34,36,39H2,1-8H3/t48-,49-,50-,51-,57-,59-,60-,62+,63-,64+,65+,66+/m1/s1. The van der Waals surface area contributed by atoms with Crippen molar-refractivity contribution in [3.05, 3.63) is 69.6 Å². The first-order valence-corrected chi connectivity index (χ1v) is 30.6. The lowest BCUT2D eigenvalue weighted by molar-refractivity contribution is -0.233. The molecule has 74 heavy (non-hydrogen) atoms. The molecular weight excluding hydrogens is 917 g/mol. The van der Waals surface area contributed by atoms with E-state index in [1.54, 1.807) is 0 Å². The maximum Gasteiger partial charge on any atom is 0.163 e. The summed E-state index contributed by atoms with van der Waals surface area (Å²) in [6, 6.07) is 7.64. The van der Waals surface area contributed by atoms with Gasteiger partial charge in [-0.1, -0.05) is 111 Å². The fraction of sp³-hybridized carbons (Fsp3) is 0.758. The Bertz CT molecular complexity index is 2640. The van der Waals surface area contributed by atoms with Crippen LogP contribution in [0.1, 0.15) is 230 Å². The minimum atomic E-state index is -0.723. The number of Topliss-reactive ketones (excluding diaryl/α,β-unsaturated/α-hetero) is 2. The molecule has 6 aliphatic carbocycles. The number of hydrogen-bond donors (Lipinski definition) is 3. The molecule has 404 valence electrons. The van der Waals surface area contributed by atoms with Gasteiger partial charge in [-0.05, 0) is 177 Å². The molecule has 12 rings (SSSR count). The number of rotatable bonds is 12. The number of aryl methyl sites for hydroxylation is 1. The molecule has 7 fully saturated rings. The number of aliphatic hydroxyl groups is 2. The average molecular weight is 1010 g/mol. The smallest absolute Gasteiger partial charge is 0.163 e. The second kappa shape index (κ2) is 18.8. The van der Waals surface area contributed by atoms with Gasteiger partial charge in [-0.25, -0.2) is 0 Å². The SMILES string of the molecule is CCCCC[C@@H]1C(=O)C2=C3[C@@H](Cn4cc(Cc5cc(C6CCCCC6)cc(C6CCOCC6)c5)c5[nH]cc(c54)CC[C@@]2(C)C[C@@H](O)[C@H]2OC2(C)C)[C@@H](O)[C@@H]2[C@]4(C)CCC(=O)[C@@](C)(C5CCCC5)[C@@H]4CC[C@]2(C)[C@]31C. The van der Waals surface area contributed by atoms with Crippen molar-refractivity contribution in [2.24, 2.45) is 56.7 Å². The largest absolute Gasteiger partial charge is 0.392 e. The molecule has 0 amide bonds. The van der Waals surface area contributed by atoms with E-state index in [1.165, 1.54) is 89.4 Å². The maximum absolute atomic E-state index is 16.4. The van der Waals surface area contributed by atoms with Gasteiger partial charge < -0.3 is 29.2 Å². The number of benzene rings is 1. The fourth-order valence-corrected chi connectivity index (χ4v) is 20.1. The zero-order valence-electron chi connectivity index (χ0n) is 47.0. The molecule has 0 unspecified atom stereocenters. The van der Waals surface area contributed by atoms with E-state index in [-0.39, 0.29) is 46.4 Å². The number of aliphatic hydroxyl groups excluding tert-OH is 2. The lowest BCUT2D eigenvalue weighted by Gasteiger charge is -2.71. The van der Waals surface area contributed by atoms with Crippen LogP contribution >= 0.6 is 0 Å². The van der Waals surface area contributed by atoms with Crippen LogP contribution in [0.3, 0.4) is 0 Å². The number of aromatic amines is 1. The van der Waals surface area contributed by atoms with Gasteiger partial charge in [0.15, 0.2) is 5.78 Å². The van der Waals surface area contributed by atoms with Crippen molar-refractivity contribution in [2.45, 2.75) is 245 Å². The van der Waals surface area contributed by atoms with E-state index >= 15 is 4.79 Å². The number of ether oxygens (including phenoxy) is 2. The number of allylic oxidation sites excluding steroid dienone is 1. The van der Waals surface area contributed by atoms with Crippen molar-refractivity contribution in [3.8, 4) is 0 Å². The second-order valence-corrected chi connectivity index (χ2v) is 28.4. The summed E-state index contributed by atoms with van der Waals surface area (Å²) in [5, 5.41) is 26.5. The highest BCUT2D eigenvalue weighted by atomic mass is 16.6. The summed E-state index contributed by atoms with van der Waals surface area (Å²) in [6.45, 7) is 20.9. The summed E-state index contributed by atoms with van der Waals surface area (Å²) < 4.78 is 14.6. The van der Waals surface area contributed by atoms with Crippen molar-refractivity contribution in [3.63, 3.8) is 0 Å². The van der Waals surface area contributed by atoms with E-state index in [1.807, 2.05) is 0 Å². The Morgan fingerprint density at radius 3 is 2.20 bits per heavy atom. The molecule has 2 aromatic heterocycles. The first kappa shape index (κ1) is 51.7. The van der Waals surface area contributed by atoms with E-state index in [4.69, 9.17) is 9.47 Å². The molecule has 0 spiro atoms. The highest BCUT2D eigenvalue weighted by molar-refractivity contribution is 6.03. The third-order valence-corrected chi connectivity index (χ3v) is 24.1. The van der Waals surface area contributed by atoms with Gasteiger partial charge in [-0.2, -0.15) is 0 Å². The van der Waals surface area contributed by atoms with Crippen molar-refractivity contribution >= 4 is 22.6 Å². The van der Waals surface area contributed by atoms with E-state index in [2.05, 4.69) is 95.5 Å². The van der Waals surface area contributed by atoms with E-state index < -0.39 is 34.1 Å². The minimum absolute atomic E-state index is 0.0926. The number of nitrogens with one attached hydrogen (secondary N) is 1. The van der Waals surface area contributed by atoms with E-state index in [0.717, 1.165) is 109 Å². The van der Waals surface area contributed by atoms with Gasteiger partial charge in [-0.15, -0.1) is 0 Å². The van der Waals surface area contributed by atoms with Gasteiger partial charge in [-0.3, -0.25) is 9.59 Å². The number of ketones is 2. The van der Waals surface area contributed by atoms with Crippen molar-refractivity contribution in [2.75, 3.05) is 13.2 Å². The highest BCUT2D eigenvalue weighted by Crippen LogP contribution is 2.78. The van der Waals surface area contributed by atoms with Crippen LogP contribution in [0, 0.1) is 56.7 Å². The predicted molar refractivity (Wildman–Crippen MR) is 294 cm³/mol. The number of carbonyl (C=O) groups excluding carboxylic acids is 2. The number of H-pyrrole nitrogens is 1. The summed E-state index contributed by atoms with van der Waals surface area (Å²) in [5.74, 6) is 1.86. The third kappa shape index (κ3) is 7.89. The number of fused-ring (bicyclic) bond motifs is 4. The Balaban J connectivity index is 1.02. The van der Waals surface area contributed by atoms with Crippen LogP contribution < -0.4 is 0 Å². The molecule has 0 bridgehead atoms. The molecule has 5 heterocycles. The topological polar surface area (TPSA) is 117 Å². The summed E-state index contributed by atoms with van der Waals surface area (Å²) in [5.41, 5.74) is 8.90. The summed E-state index contributed by atoms with van der Waals surface area (Å²) >= 11 is 0. The van der Waals surface area contributed by atoms with E-state index in [0.29, 0.717) is 42.9 Å². The number of carbonyl (C=O) groups is 2. The zero-order valence-corrected chi connectivity index (χ0v) is 47.0. The Kier molecular flexibility index (Phi) is 13.1. The molecular formula is C66H94N2O6. The Hall–Kier alpha value is -3.04. The lowest BCUT2D eigenvalue weighted by atomic mass is 9.33. The average Bonchev–Trinajstić information content (AvgIpc) is 3.94. The van der Waals surface area contributed by atoms with E-state index in [9.17, 15) is 15.0 Å². The van der Waals surface area contributed by atoms with Crippen molar-refractivity contribution in [1.82, 2.24) is 9.55 Å². The molecule has 3 N–H and O–H groups in total. The van der Waals surface area contributed by atoms with Crippen molar-refractivity contribution < 1.29 is 29.3 Å². The van der Waals surface area contributed by atoms with Crippen LogP contribution in [0.5, 0.6) is 0 Å². The number of unbranched alkanes of at least 4 members (excludes halogenated alkanes) is 2. The molecule has 2 saturated heterocycles. The number of aromatic nitrogens is 2. The molecule has 3 aromatic rings. The van der Waals surface area contributed by atoms with Crippen LogP contribution in [0.15, 0.2) is 41.7 Å². The number of epoxide rings is 1. The van der Waals surface area contributed by atoms with Gasteiger partial charge >= 0.3 is 0 Å². The third-order valence-electron chi connectivity index (χ3n) is 24.1. The zero-order chi connectivity index (χ0) is 51.7. The van der Waals surface area contributed by atoms with Gasteiger partial charge in [0.1, 0.15) is 11.9 Å². The van der Waals surface area contributed by atoms with Crippen LogP contribution in [-0.4, -0.2) is 68.5 Å². The molecule has 0 radical (unpaired) electrons. The van der Waals surface area contributed by atoms with Gasteiger partial charge in [0, 0.05) is 73.2 Å². The first-order valence-electron chi connectivity index (χ1n) is 30.6. The normalized spacial score (nSPS) is 39.1. The highest BCUT2D eigenvalue weighted by Gasteiger charge is 2.75. The monoisotopic (exact) mass is 1010 g/mol. The quantitative estimate of drug-likeness (QED) is 0.123. The van der Waals surface area contributed by atoms with Gasteiger partial charge in [0.05, 0.1) is 28.8 Å². The Labute approximate surface area is 444 Å². The molecule has 8 heteroatoms. The number of nitrogens with zero attached hydrogens (tertiary/aromatic N) is 1. The Morgan fingerprint density at radius 2 is 1.51 bits per heavy atom. The van der Waals surface area contributed by atoms with Crippen LogP contribution in [0.25, 0.3) is 11.0 Å². The summed E-state index contributed by atoms with van der Waals surface area (Å²) in [7, 11) is 0. The molecule has 8 nitrogen and oxygen atoms in total. The second-order valence-electron chi connectivity index (χ2n) is 28.4. The number of hydrogen-bond acceptors (Lipinski definition) is 6. The minimum Gasteiger partial charge on any atom is -0.392 e. The van der Waals surface area contributed by atoms with Crippen LogP contribution in [0.4, 0.5) is 0 Å². The molecule has 12 atom stereocenters. The van der Waals surface area contributed by atoms with Crippen molar-refractivity contribution in [1.29, 1.82) is 0 Å². The molecule has 9 aliphatic rings. The van der Waals surface area contributed by atoms with Crippen LogP contribution in [-0.2, 0) is 38.4 Å². The van der Waals surface area contributed by atoms with Gasteiger partial charge in [0.25, 0.3) is 0 Å². The maximum atomic E-state index is 16.4. The lowest BCUT2D eigenvalue weighted by Crippen LogP contribution is -2.69. The fourth-order valence-electron chi connectivity index (χ4n) is 20.1. The first-order chi connectivity index (χ1) is 35.4. The summed E-state index contributed by atoms with van der Waals surface area (Å²) in [6.07, 6.45) is 26.3. The van der Waals surface area contributed by atoms with Crippen LogP contribution in [0.2, 0.25) is 0 Å².